The van der Waals surface area contributed by atoms with Crippen molar-refractivity contribution in [3.05, 3.63) is 29.8 Å². The molecule has 2 fully saturated rings. The first kappa shape index (κ1) is 13.9. The molecule has 1 aliphatic heterocycles. The van der Waals surface area contributed by atoms with Crippen LogP contribution in [0.1, 0.15) is 37.7 Å². The Morgan fingerprint density at radius 2 is 2.15 bits per heavy atom. The summed E-state index contributed by atoms with van der Waals surface area (Å²) < 4.78 is 5.46. The second kappa shape index (κ2) is 5.74. The zero-order valence-corrected chi connectivity index (χ0v) is 12.3. The van der Waals surface area contributed by atoms with Crippen LogP contribution in [0.4, 0.5) is 0 Å². The van der Waals surface area contributed by atoms with Crippen molar-refractivity contribution in [3.63, 3.8) is 0 Å². The molecule has 3 rings (SSSR count). The summed E-state index contributed by atoms with van der Waals surface area (Å²) in [6, 6.07) is 8.59. The van der Waals surface area contributed by atoms with Crippen LogP contribution in [0.15, 0.2) is 24.3 Å². The smallest absolute Gasteiger partial charge is 0.122 e. The van der Waals surface area contributed by atoms with E-state index in [0.29, 0.717) is 12.0 Å². The zero-order chi connectivity index (χ0) is 14.0. The lowest BCUT2D eigenvalue weighted by atomic mass is 9.67. The third-order valence-corrected chi connectivity index (χ3v) is 5.15. The highest BCUT2D eigenvalue weighted by Crippen LogP contribution is 2.41. The van der Waals surface area contributed by atoms with E-state index in [2.05, 4.69) is 17.4 Å². The van der Waals surface area contributed by atoms with Crippen molar-refractivity contribution in [3.8, 4) is 5.75 Å². The molecule has 0 bridgehead atoms. The molecule has 0 amide bonds. The molecule has 1 aromatic rings. The first-order valence-electron chi connectivity index (χ1n) is 7.80. The molecule has 2 N–H and O–H groups in total. The number of benzene rings is 1. The summed E-state index contributed by atoms with van der Waals surface area (Å²) >= 11 is 0. The van der Waals surface area contributed by atoms with Gasteiger partial charge in [-0.15, -0.1) is 0 Å². The van der Waals surface area contributed by atoms with Gasteiger partial charge in [-0.2, -0.15) is 0 Å². The van der Waals surface area contributed by atoms with E-state index in [-0.39, 0.29) is 0 Å². The molecule has 20 heavy (non-hydrogen) atoms. The quantitative estimate of drug-likeness (QED) is 0.890. The van der Waals surface area contributed by atoms with Gasteiger partial charge in [-0.1, -0.05) is 31.0 Å². The van der Waals surface area contributed by atoms with E-state index in [1.165, 1.54) is 18.4 Å². The van der Waals surface area contributed by atoms with Gasteiger partial charge in [0.2, 0.25) is 0 Å². The standard InChI is InChI=1S/C17H25NO2/c1-20-16-8-3-2-6-13(16)12-15-14-7-4-5-9-17(14,19)10-11-18-15/h2-3,6,8,14-15,18-19H,4-5,7,9-12H2,1H3. The first-order valence-corrected chi connectivity index (χ1v) is 7.80. The van der Waals surface area contributed by atoms with Crippen LogP contribution in [0, 0.1) is 5.92 Å². The van der Waals surface area contributed by atoms with Crippen molar-refractivity contribution in [2.45, 2.75) is 50.2 Å². The monoisotopic (exact) mass is 275 g/mol. The molecular formula is C17H25NO2. The molecule has 0 aromatic heterocycles. The predicted molar refractivity (Wildman–Crippen MR) is 80.0 cm³/mol. The van der Waals surface area contributed by atoms with Crippen molar-refractivity contribution in [2.75, 3.05) is 13.7 Å². The van der Waals surface area contributed by atoms with Gasteiger partial charge in [-0.25, -0.2) is 0 Å². The average Bonchev–Trinajstić information content (AvgIpc) is 2.47. The second-order valence-electron chi connectivity index (χ2n) is 6.28. The van der Waals surface area contributed by atoms with E-state index in [9.17, 15) is 5.11 Å². The third kappa shape index (κ3) is 2.57. The van der Waals surface area contributed by atoms with Crippen LogP contribution >= 0.6 is 0 Å². The predicted octanol–water partition coefficient (Wildman–Crippen LogP) is 2.52. The highest BCUT2D eigenvalue weighted by Gasteiger charge is 2.45. The maximum Gasteiger partial charge on any atom is 0.122 e. The lowest BCUT2D eigenvalue weighted by Gasteiger charge is -2.48. The minimum Gasteiger partial charge on any atom is -0.496 e. The molecule has 3 nitrogen and oxygen atoms in total. The Kier molecular flexibility index (Phi) is 3.99. The molecule has 2 aliphatic rings. The van der Waals surface area contributed by atoms with Gasteiger partial charge in [0.05, 0.1) is 12.7 Å². The molecule has 3 atom stereocenters. The average molecular weight is 275 g/mol. The fourth-order valence-electron chi connectivity index (χ4n) is 4.07. The molecule has 1 saturated carbocycles. The summed E-state index contributed by atoms with van der Waals surface area (Å²) in [7, 11) is 1.73. The van der Waals surface area contributed by atoms with E-state index in [1.54, 1.807) is 7.11 Å². The number of ether oxygens (including phenoxy) is 1. The molecule has 0 spiro atoms. The van der Waals surface area contributed by atoms with Crippen LogP contribution < -0.4 is 10.1 Å². The number of fused-ring (bicyclic) bond motifs is 1. The Hall–Kier alpha value is -1.06. The topological polar surface area (TPSA) is 41.5 Å². The third-order valence-electron chi connectivity index (χ3n) is 5.15. The van der Waals surface area contributed by atoms with Crippen LogP contribution in [0.3, 0.4) is 0 Å². The maximum atomic E-state index is 10.9. The number of nitrogens with one attached hydrogen (secondary N) is 1. The van der Waals surface area contributed by atoms with Gasteiger partial charge in [0, 0.05) is 12.0 Å². The van der Waals surface area contributed by atoms with Gasteiger partial charge in [-0.3, -0.25) is 0 Å². The van der Waals surface area contributed by atoms with E-state index in [0.717, 1.165) is 38.0 Å². The lowest BCUT2D eigenvalue weighted by molar-refractivity contribution is -0.0851. The molecule has 1 saturated heterocycles. The summed E-state index contributed by atoms with van der Waals surface area (Å²) in [5.41, 5.74) is 0.804. The van der Waals surface area contributed by atoms with E-state index < -0.39 is 5.60 Å². The van der Waals surface area contributed by atoms with Crippen molar-refractivity contribution < 1.29 is 9.84 Å². The van der Waals surface area contributed by atoms with Gasteiger partial charge in [0.1, 0.15) is 5.75 Å². The van der Waals surface area contributed by atoms with Gasteiger partial charge in [0.15, 0.2) is 0 Å². The molecular weight excluding hydrogens is 250 g/mol. The Balaban J connectivity index is 1.79. The fraction of sp³-hybridized carbons (Fsp3) is 0.647. The Bertz CT molecular complexity index is 458. The summed E-state index contributed by atoms with van der Waals surface area (Å²) in [4.78, 5) is 0. The number of methoxy groups -OCH3 is 1. The number of piperidine rings is 1. The molecule has 110 valence electrons. The van der Waals surface area contributed by atoms with Crippen molar-refractivity contribution in [1.29, 1.82) is 0 Å². The van der Waals surface area contributed by atoms with Crippen LogP contribution in [0.2, 0.25) is 0 Å². The highest BCUT2D eigenvalue weighted by molar-refractivity contribution is 5.34. The normalized spacial score (nSPS) is 33.5. The van der Waals surface area contributed by atoms with Gasteiger partial charge in [0.25, 0.3) is 0 Å². The zero-order valence-electron chi connectivity index (χ0n) is 12.3. The Morgan fingerprint density at radius 1 is 1.30 bits per heavy atom. The number of rotatable bonds is 3. The number of para-hydroxylation sites is 1. The minimum atomic E-state index is -0.434. The van der Waals surface area contributed by atoms with Gasteiger partial charge >= 0.3 is 0 Å². The van der Waals surface area contributed by atoms with E-state index in [1.807, 2.05) is 12.1 Å². The molecule has 1 aromatic carbocycles. The number of aliphatic hydroxyl groups is 1. The van der Waals surface area contributed by atoms with Crippen LogP contribution in [0.25, 0.3) is 0 Å². The highest BCUT2D eigenvalue weighted by atomic mass is 16.5. The second-order valence-corrected chi connectivity index (χ2v) is 6.28. The van der Waals surface area contributed by atoms with Crippen LogP contribution in [-0.2, 0) is 6.42 Å². The Labute approximate surface area is 121 Å². The van der Waals surface area contributed by atoms with Crippen molar-refractivity contribution >= 4 is 0 Å². The minimum absolute atomic E-state index is 0.366. The number of hydrogen-bond donors (Lipinski definition) is 2. The fourth-order valence-corrected chi connectivity index (χ4v) is 4.07. The lowest BCUT2D eigenvalue weighted by Crippen LogP contribution is -2.58. The van der Waals surface area contributed by atoms with E-state index >= 15 is 0 Å². The van der Waals surface area contributed by atoms with Crippen LogP contribution in [-0.4, -0.2) is 30.4 Å². The summed E-state index contributed by atoms with van der Waals surface area (Å²) in [5.74, 6) is 1.34. The molecule has 3 heteroatoms. The largest absolute Gasteiger partial charge is 0.496 e. The Morgan fingerprint density at radius 3 is 3.00 bits per heavy atom. The van der Waals surface area contributed by atoms with Gasteiger partial charge in [-0.05, 0) is 43.9 Å². The van der Waals surface area contributed by atoms with Crippen molar-refractivity contribution in [2.24, 2.45) is 5.92 Å². The molecule has 1 heterocycles. The maximum absolute atomic E-state index is 10.9. The summed E-state index contributed by atoms with van der Waals surface area (Å²) in [6.07, 6.45) is 6.38. The molecule has 0 radical (unpaired) electrons. The number of hydrogen-bond acceptors (Lipinski definition) is 3. The van der Waals surface area contributed by atoms with E-state index in [4.69, 9.17) is 4.74 Å². The molecule has 1 aliphatic carbocycles. The SMILES string of the molecule is COc1ccccc1CC1NCCC2(O)CCCCC12. The first-order chi connectivity index (χ1) is 9.73. The summed E-state index contributed by atoms with van der Waals surface area (Å²) in [6.45, 7) is 0.923. The molecule has 3 unspecified atom stereocenters. The van der Waals surface area contributed by atoms with Crippen LogP contribution in [0.5, 0.6) is 5.75 Å². The van der Waals surface area contributed by atoms with Crippen molar-refractivity contribution in [1.82, 2.24) is 5.32 Å². The summed E-state index contributed by atoms with van der Waals surface area (Å²) in [5, 5.41) is 14.5. The van der Waals surface area contributed by atoms with Gasteiger partial charge < -0.3 is 15.2 Å².